The number of nitrogens with one attached hydrogen (secondary N) is 2. The molecule has 0 aliphatic rings. The summed E-state index contributed by atoms with van der Waals surface area (Å²) in [6.07, 6.45) is 5.31. The van der Waals surface area contributed by atoms with Gasteiger partial charge in [0.1, 0.15) is 0 Å². The molecule has 0 saturated heterocycles. The molecule has 0 aromatic carbocycles. The van der Waals surface area contributed by atoms with Crippen LogP contribution in [0.2, 0.25) is 0 Å². The van der Waals surface area contributed by atoms with Gasteiger partial charge in [-0.05, 0) is 30.2 Å². The number of nitrogens with two attached hydrogens (primary N) is 1. The first kappa shape index (κ1) is 14.4. The van der Waals surface area contributed by atoms with Gasteiger partial charge in [0.2, 0.25) is 0 Å². The number of hydrogen-bond acceptors (Lipinski definition) is 6. The van der Waals surface area contributed by atoms with Crippen LogP contribution in [0.4, 0.5) is 5.69 Å². The minimum Gasteiger partial charge on any atom is -0.321 e. The average Bonchev–Trinajstić information content (AvgIpc) is 2.48. The minimum absolute atomic E-state index is 0.117. The normalized spacial score (nSPS) is 11.2. The van der Waals surface area contributed by atoms with E-state index < -0.39 is 10.0 Å². The number of anilines is 1. The van der Waals surface area contributed by atoms with Crippen LogP contribution in [0.15, 0.2) is 47.9 Å². The molecule has 4 N–H and O–H groups in total. The molecule has 0 atom stereocenters. The van der Waals surface area contributed by atoms with Crippen LogP contribution in [-0.2, 0) is 16.4 Å². The van der Waals surface area contributed by atoms with Crippen molar-refractivity contribution in [2.75, 3.05) is 12.0 Å². The Labute approximate surface area is 117 Å². The fourth-order valence-electron chi connectivity index (χ4n) is 1.66. The summed E-state index contributed by atoms with van der Waals surface area (Å²) in [5.41, 5.74) is 3.52. The molecule has 8 heteroatoms. The molecule has 0 aliphatic carbocycles. The molecule has 2 heterocycles. The van der Waals surface area contributed by atoms with Crippen molar-refractivity contribution in [2.45, 2.75) is 11.4 Å². The topological polar surface area (TPSA) is 110 Å². The number of hydrogen-bond donors (Lipinski definition) is 3. The second-order valence-electron chi connectivity index (χ2n) is 4.01. The van der Waals surface area contributed by atoms with E-state index in [4.69, 9.17) is 5.84 Å². The third-order valence-electron chi connectivity index (χ3n) is 2.61. The summed E-state index contributed by atoms with van der Waals surface area (Å²) >= 11 is 0. The highest BCUT2D eigenvalue weighted by Gasteiger charge is 2.19. The van der Waals surface area contributed by atoms with E-state index >= 15 is 0 Å². The molecule has 0 saturated carbocycles. The number of nitrogens with zero attached hydrogens (tertiary/aromatic N) is 2. The molecule has 0 amide bonds. The molecule has 2 aromatic heterocycles. The lowest BCUT2D eigenvalue weighted by molar-refractivity contribution is 0.578. The van der Waals surface area contributed by atoms with Gasteiger partial charge in [-0.3, -0.25) is 10.8 Å². The summed E-state index contributed by atoms with van der Waals surface area (Å²) in [7, 11) is -3.70. The van der Waals surface area contributed by atoms with Crippen LogP contribution >= 0.6 is 0 Å². The van der Waals surface area contributed by atoms with E-state index in [0.29, 0.717) is 6.42 Å². The Bertz CT molecular complexity index is 661. The van der Waals surface area contributed by atoms with Crippen molar-refractivity contribution in [3.05, 3.63) is 48.4 Å². The lowest BCUT2D eigenvalue weighted by Gasteiger charge is -2.09. The summed E-state index contributed by atoms with van der Waals surface area (Å²) in [5, 5.41) is -0.117. The van der Waals surface area contributed by atoms with Gasteiger partial charge < -0.3 is 5.43 Å². The maximum Gasteiger partial charge on any atom is 0.260 e. The van der Waals surface area contributed by atoms with Crippen LogP contribution in [0.1, 0.15) is 5.56 Å². The highest BCUT2D eigenvalue weighted by Crippen LogP contribution is 2.16. The van der Waals surface area contributed by atoms with E-state index in [0.717, 1.165) is 5.56 Å². The molecule has 0 spiro atoms. The van der Waals surface area contributed by atoms with E-state index in [2.05, 4.69) is 20.1 Å². The van der Waals surface area contributed by atoms with Crippen molar-refractivity contribution in [3.63, 3.8) is 0 Å². The number of nitrogen functional groups attached to an aromatic ring is 1. The molecule has 0 aliphatic heterocycles. The van der Waals surface area contributed by atoms with Crippen LogP contribution in [-0.4, -0.2) is 24.9 Å². The quantitative estimate of drug-likeness (QED) is 0.521. The molecule has 106 valence electrons. The second kappa shape index (κ2) is 6.42. The Morgan fingerprint density at radius 1 is 1.20 bits per heavy atom. The summed E-state index contributed by atoms with van der Waals surface area (Å²) < 4.78 is 26.7. The molecular formula is C12H15N5O2S. The summed E-state index contributed by atoms with van der Waals surface area (Å²) in [5.74, 6) is 5.28. The van der Waals surface area contributed by atoms with Gasteiger partial charge in [-0.25, -0.2) is 18.1 Å². The van der Waals surface area contributed by atoms with E-state index in [9.17, 15) is 8.42 Å². The van der Waals surface area contributed by atoms with Crippen molar-refractivity contribution in [3.8, 4) is 0 Å². The summed E-state index contributed by atoms with van der Waals surface area (Å²) in [6.45, 7) is 0.259. The van der Waals surface area contributed by atoms with E-state index in [-0.39, 0.29) is 17.3 Å². The van der Waals surface area contributed by atoms with Crippen molar-refractivity contribution >= 4 is 15.7 Å². The Morgan fingerprint density at radius 3 is 2.70 bits per heavy atom. The molecule has 2 rings (SSSR count). The van der Waals surface area contributed by atoms with Crippen LogP contribution in [0.5, 0.6) is 0 Å². The van der Waals surface area contributed by atoms with Crippen molar-refractivity contribution in [2.24, 2.45) is 5.84 Å². The fourth-order valence-corrected chi connectivity index (χ4v) is 2.78. The van der Waals surface area contributed by atoms with Gasteiger partial charge in [-0.2, -0.15) is 0 Å². The largest absolute Gasteiger partial charge is 0.321 e. The Morgan fingerprint density at radius 2 is 2.00 bits per heavy atom. The standard InChI is InChI=1S/C12H15N5O2S/c13-17-11-4-2-7-15-12(11)20(18,19)16-8-5-10-3-1-6-14-9-10/h1-4,6-7,9,16-17H,5,8,13H2. The second-order valence-corrected chi connectivity index (χ2v) is 5.69. The molecular weight excluding hydrogens is 278 g/mol. The average molecular weight is 293 g/mol. The minimum atomic E-state index is -3.70. The Balaban J connectivity index is 2.04. The number of sulfonamides is 1. The monoisotopic (exact) mass is 293 g/mol. The fraction of sp³-hybridized carbons (Fsp3) is 0.167. The lowest BCUT2D eigenvalue weighted by atomic mass is 10.2. The van der Waals surface area contributed by atoms with Crippen LogP contribution in [0.3, 0.4) is 0 Å². The first-order chi connectivity index (χ1) is 9.63. The van der Waals surface area contributed by atoms with Gasteiger partial charge in [0.25, 0.3) is 10.0 Å². The SMILES string of the molecule is NNc1cccnc1S(=O)(=O)NCCc1cccnc1. The first-order valence-corrected chi connectivity index (χ1v) is 7.42. The summed E-state index contributed by atoms with van der Waals surface area (Å²) in [6, 6.07) is 6.83. The van der Waals surface area contributed by atoms with E-state index in [1.165, 1.54) is 6.20 Å². The third kappa shape index (κ3) is 3.50. The van der Waals surface area contributed by atoms with Gasteiger partial charge in [0, 0.05) is 25.1 Å². The number of pyridine rings is 2. The molecule has 0 bridgehead atoms. The van der Waals surface area contributed by atoms with Crippen LogP contribution < -0.4 is 16.0 Å². The Hall–Kier alpha value is -2.03. The van der Waals surface area contributed by atoms with Crippen LogP contribution in [0, 0.1) is 0 Å². The zero-order valence-corrected chi connectivity index (χ0v) is 11.5. The van der Waals surface area contributed by atoms with Crippen molar-refractivity contribution in [1.29, 1.82) is 0 Å². The number of aromatic nitrogens is 2. The molecule has 0 unspecified atom stereocenters. The van der Waals surface area contributed by atoms with Crippen LogP contribution in [0.25, 0.3) is 0 Å². The maximum absolute atomic E-state index is 12.1. The first-order valence-electron chi connectivity index (χ1n) is 5.93. The van der Waals surface area contributed by atoms with E-state index in [1.54, 1.807) is 30.6 Å². The summed E-state index contributed by atoms with van der Waals surface area (Å²) in [4.78, 5) is 7.81. The van der Waals surface area contributed by atoms with Gasteiger partial charge >= 0.3 is 0 Å². The van der Waals surface area contributed by atoms with Gasteiger partial charge in [-0.15, -0.1) is 0 Å². The Kier molecular flexibility index (Phi) is 4.61. The smallest absolute Gasteiger partial charge is 0.260 e. The predicted octanol–water partition coefficient (Wildman–Crippen LogP) is 0.283. The lowest BCUT2D eigenvalue weighted by Crippen LogP contribution is -2.28. The zero-order valence-electron chi connectivity index (χ0n) is 10.7. The highest BCUT2D eigenvalue weighted by atomic mass is 32.2. The zero-order chi connectivity index (χ0) is 14.4. The molecule has 20 heavy (non-hydrogen) atoms. The molecule has 0 radical (unpaired) electrons. The van der Waals surface area contributed by atoms with E-state index in [1.807, 2.05) is 6.07 Å². The maximum atomic E-state index is 12.1. The third-order valence-corrected chi connectivity index (χ3v) is 4.03. The number of hydrazine groups is 1. The molecule has 2 aromatic rings. The van der Waals surface area contributed by atoms with Gasteiger partial charge in [0.15, 0.2) is 5.03 Å². The van der Waals surface area contributed by atoms with Gasteiger partial charge in [-0.1, -0.05) is 6.07 Å². The molecule has 7 nitrogen and oxygen atoms in total. The predicted molar refractivity (Wildman–Crippen MR) is 75.2 cm³/mol. The highest BCUT2D eigenvalue weighted by molar-refractivity contribution is 7.89. The van der Waals surface area contributed by atoms with Gasteiger partial charge in [0.05, 0.1) is 5.69 Å². The van der Waals surface area contributed by atoms with Crippen molar-refractivity contribution < 1.29 is 8.42 Å². The number of rotatable bonds is 6. The molecule has 0 fully saturated rings. The van der Waals surface area contributed by atoms with Crippen molar-refractivity contribution in [1.82, 2.24) is 14.7 Å².